The average molecular weight is 407 g/mol. The maximum absolute atomic E-state index is 12.9. The van der Waals surface area contributed by atoms with Gasteiger partial charge in [0, 0.05) is 5.56 Å². The predicted octanol–water partition coefficient (Wildman–Crippen LogP) is 3.65. The first-order valence-electron chi connectivity index (χ1n) is 8.03. The van der Waals surface area contributed by atoms with Gasteiger partial charge in [0.2, 0.25) is 0 Å². The topological polar surface area (TPSA) is 75.7 Å². The number of ketones is 1. The molecule has 140 valence electrons. The second kappa shape index (κ2) is 7.21. The minimum atomic E-state index is -1.33. The molecule has 1 unspecified atom stereocenters. The molecule has 6 nitrogen and oxygen atoms in total. The molecule has 0 aromatic heterocycles. The third-order valence-electron chi connectivity index (χ3n) is 4.49. The van der Waals surface area contributed by atoms with E-state index in [0.717, 1.165) is 4.90 Å². The van der Waals surface area contributed by atoms with Gasteiger partial charge < -0.3 is 10.1 Å². The lowest BCUT2D eigenvalue weighted by atomic mass is 9.92. The molecule has 1 fully saturated rings. The highest BCUT2D eigenvalue weighted by atomic mass is 35.5. The molecule has 0 aliphatic carbocycles. The summed E-state index contributed by atoms with van der Waals surface area (Å²) in [5.74, 6) is -0.291. The monoisotopic (exact) mass is 406 g/mol. The molecule has 1 atom stereocenters. The SMILES string of the molecule is COc1ccc(C(=O)CN2C(=O)NC(C)(c3ccc(Cl)c(Cl)c3)C2=O)cc1. The van der Waals surface area contributed by atoms with Gasteiger partial charge in [-0.3, -0.25) is 14.5 Å². The predicted molar refractivity (Wildman–Crippen MR) is 101 cm³/mol. The van der Waals surface area contributed by atoms with Gasteiger partial charge in [-0.25, -0.2) is 4.79 Å². The number of benzene rings is 2. The molecule has 3 rings (SSSR count). The minimum absolute atomic E-state index is 0.269. The molecule has 2 aromatic carbocycles. The van der Waals surface area contributed by atoms with E-state index in [1.165, 1.54) is 13.2 Å². The highest BCUT2D eigenvalue weighted by molar-refractivity contribution is 6.42. The summed E-state index contributed by atoms with van der Waals surface area (Å²) in [6.07, 6.45) is 0. The lowest BCUT2D eigenvalue weighted by Crippen LogP contribution is -2.41. The number of carbonyl (C=O) groups is 3. The summed E-state index contributed by atoms with van der Waals surface area (Å²) in [6.45, 7) is 1.19. The zero-order chi connectivity index (χ0) is 19.8. The number of amides is 3. The van der Waals surface area contributed by atoms with Gasteiger partial charge in [-0.1, -0.05) is 29.3 Å². The Bertz CT molecular complexity index is 930. The van der Waals surface area contributed by atoms with E-state index in [2.05, 4.69) is 5.32 Å². The molecule has 1 aliphatic heterocycles. The van der Waals surface area contributed by atoms with Crippen molar-refractivity contribution < 1.29 is 19.1 Å². The number of methoxy groups -OCH3 is 1. The lowest BCUT2D eigenvalue weighted by molar-refractivity contribution is -0.130. The van der Waals surface area contributed by atoms with E-state index in [1.807, 2.05) is 0 Å². The number of Topliss-reactive ketones (excluding diaryl/α,β-unsaturated/α-hetero) is 1. The van der Waals surface area contributed by atoms with Crippen LogP contribution >= 0.6 is 23.2 Å². The van der Waals surface area contributed by atoms with Crippen LogP contribution in [0.25, 0.3) is 0 Å². The molecule has 3 amide bonds. The van der Waals surface area contributed by atoms with E-state index < -0.39 is 17.5 Å². The molecule has 0 radical (unpaired) electrons. The second-order valence-corrected chi connectivity index (χ2v) is 7.04. The number of carbonyl (C=O) groups excluding carboxylic acids is 3. The normalized spacial score (nSPS) is 19.2. The van der Waals surface area contributed by atoms with Gasteiger partial charge in [-0.15, -0.1) is 0 Å². The summed E-state index contributed by atoms with van der Waals surface area (Å²) < 4.78 is 5.05. The van der Waals surface area contributed by atoms with Crippen molar-refractivity contribution in [3.63, 3.8) is 0 Å². The van der Waals surface area contributed by atoms with Crippen molar-refractivity contribution in [2.24, 2.45) is 0 Å². The molecule has 1 aliphatic rings. The van der Waals surface area contributed by atoms with E-state index in [-0.39, 0.29) is 17.4 Å². The molecule has 0 saturated carbocycles. The zero-order valence-corrected chi connectivity index (χ0v) is 16.1. The summed E-state index contributed by atoms with van der Waals surface area (Å²) in [7, 11) is 1.52. The van der Waals surface area contributed by atoms with Crippen LogP contribution in [0.4, 0.5) is 4.79 Å². The zero-order valence-electron chi connectivity index (χ0n) is 14.6. The standard InChI is InChI=1S/C19H16Cl2N2O4/c1-19(12-5-8-14(20)15(21)9-12)17(25)23(18(26)22-19)10-16(24)11-3-6-13(27-2)7-4-11/h3-9H,10H2,1-2H3,(H,22,26). The Balaban J connectivity index is 1.82. The molecule has 0 spiro atoms. The first-order chi connectivity index (χ1) is 12.8. The molecule has 0 bridgehead atoms. The average Bonchev–Trinajstić information content (AvgIpc) is 2.88. The van der Waals surface area contributed by atoms with Crippen molar-refractivity contribution in [1.82, 2.24) is 10.2 Å². The summed E-state index contributed by atoms with van der Waals surface area (Å²) in [5.41, 5.74) is -0.472. The van der Waals surface area contributed by atoms with E-state index >= 15 is 0 Å². The summed E-state index contributed by atoms with van der Waals surface area (Å²) in [4.78, 5) is 38.6. The molecule has 27 heavy (non-hydrogen) atoms. The van der Waals surface area contributed by atoms with E-state index in [4.69, 9.17) is 27.9 Å². The van der Waals surface area contributed by atoms with Gasteiger partial charge in [0.15, 0.2) is 5.78 Å². The number of hydrogen-bond donors (Lipinski definition) is 1. The molecule has 1 heterocycles. The molecule has 1 N–H and O–H groups in total. The Kier molecular flexibility index (Phi) is 5.13. The van der Waals surface area contributed by atoms with Crippen LogP contribution < -0.4 is 10.1 Å². The van der Waals surface area contributed by atoms with Gasteiger partial charge in [-0.2, -0.15) is 0 Å². The Morgan fingerprint density at radius 2 is 1.78 bits per heavy atom. The summed E-state index contributed by atoms with van der Waals surface area (Å²) >= 11 is 11.9. The first-order valence-corrected chi connectivity index (χ1v) is 8.79. The van der Waals surface area contributed by atoms with Gasteiger partial charge in [0.1, 0.15) is 11.3 Å². The summed E-state index contributed by atoms with van der Waals surface area (Å²) in [6, 6.07) is 10.5. The number of ether oxygens (including phenoxy) is 1. The third-order valence-corrected chi connectivity index (χ3v) is 5.22. The van der Waals surface area contributed by atoms with Gasteiger partial charge >= 0.3 is 6.03 Å². The minimum Gasteiger partial charge on any atom is -0.497 e. The number of rotatable bonds is 5. The maximum Gasteiger partial charge on any atom is 0.325 e. The first kappa shape index (κ1) is 19.2. The van der Waals surface area contributed by atoms with Crippen LogP contribution in [-0.4, -0.2) is 36.3 Å². The Labute approximate surface area is 166 Å². The molecule has 1 saturated heterocycles. The van der Waals surface area contributed by atoms with Crippen LogP contribution in [0.1, 0.15) is 22.8 Å². The Morgan fingerprint density at radius 1 is 1.11 bits per heavy atom. The van der Waals surface area contributed by atoms with E-state index in [1.54, 1.807) is 43.3 Å². The van der Waals surface area contributed by atoms with Crippen molar-refractivity contribution >= 4 is 40.9 Å². The Morgan fingerprint density at radius 3 is 2.37 bits per heavy atom. The molecule has 8 heteroatoms. The number of hydrogen-bond acceptors (Lipinski definition) is 4. The number of halogens is 2. The highest BCUT2D eigenvalue weighted by Gasteiger charge is 2.49. The van der Waals surface area contributed by atoms with Crippen LogP contribution in [0, 0.1) is 0 Å². The fourth-order valence-corrected chi connectivity index (χ4v) is 3.15. The number of nitrogens with zero attached hydrogens (tertiary/aromatic N) is 1. The van der Waals surface area contributed by atoms with Crippen LogP contribution in [0.15, 0.2) is 42.5 Å². The summed E-state index contributed by atoms with van der Waals surface area (Å²) in [5, 5.41) is 3.24. The van der Waals surface area contributed by atoms with Crippen molar-refractivity contribution in [3.8, 4) is 5.75 Å². The van der Waals surface area contributed by atoms with Crippen molar-refractivity contribution in [2.45, 2.75) is 12.5 Å². The number of imide groups is 1. The van der Waals surface area contributed by atoms with Crippen LogP contribution in [0.3, 0.4) is 0 Å². The third kappa shape index (κ3) is 3.50. The molecule has 2 aromatic rings. The van der Waals surface area contributed by atoms with Gasteiger partial charge in [0.05, 0.1) is 23.7 Å². The van der Waals surface area contributed by atoms with E-state index in [0.29, 0.717) is 21.9 Å². The van der Waals surface area contributed by atoms with Crippen molar-refractivity contribution in [1.29, 1.82) is 0 Å². The van der Waals surface area contributed by atoms with Crippen LogP contribution in [-0.2, 0) is 10.3 Å². The quantitative estimate of drug-likeness (QED) is 0.607. The Hall–Kier alpha value is -2.57. The second-order valence-electron chi connectivity index (χ2n) is 6.23. The maximum atomic E-state index is 12.9. The van der Waals surface area contributed by atoms with Gasteiger partial charge in [-0.05, 0) is 48.9 Å². The lowest BCUT2D eigenvalue weighted by Gasteiger charge is -2.22. The fourth-order valence-electron chi connectivity index (χ4n) is 2.86. The number of urea groups is 1. The van der Waals surface area contributed by atoms with Gasteiger partial charge in [0.25, 0.3) is 5.91 Å². The highest BCUT2D eigenvalue weighted by Crippen LogP contribution is 2.33. The van der Waals surface area contributed by atoms with Crippen molar-refractivity contribution in [2.75, 3.05) is 13.7 Å². The fraction of sp³-hybridized carbons (Fsp3) is 0.211. The largest absolute Gasteiger partial charge is 0.497 e. The van der Waals surface area contributed by atoms with Crippen molar-refractivity contribution in [3.05, 3.63) is 63.6 Å². The molecular weight excluding hydrogens is 391 g/mol. The van der Waals surface area contributed by atoms with Crippen LogP contribution in [0.2, 0.25) is 10.0 Å². The van der Waals surface area contributed by atoms with Crippen LogP contribution in [0.5, 0.6) is 5.75 Å². The van der Waals surface area contributed by atoms with E-state index in [9.17, 15) is 14.4 Å². The number of nitrogens with one attached hydrogen (secondary N) is 1. The smallest absolute Gasteiger partial charge is 0.325 e. The molecular formula is C19H16Cl2N2O4.